The molecule has 0 bridgehead atoms. The zero-order valence-electron chi connectivity index (χ0n) is 6.07. The van der Waals surface area contributed by atoms with Gasteiger partial charge < -0.3 is 14.7 Å². The fourth-order valence-electron chi connectivity index (χ4n) is 1.10. The van der Waals surface area contributed by atoms with Gasteiger partial charge >= 0.3 is 6.09 Å². The number of carbonyl (C=O) groups is 1. The first-order valence-electron chi connectivity index (χ1n) is 3.19. The summed E-state index contributed by atoms with van der Waals surface area (Å²) in [6.45, 7) is 2.35. The van der Waals surface area contributed by atoms with E-state index >= 15 is 0 Å². The normalized spacial score (nSPS) is 31.6. The first-order chi connectivity index (χ1) is 4.66. The van der Waals surface area contributed by atoms with Crippen molar-refractivity contribution in [3.05, 3.63) is 0 Å². The van der Waals surface area contributed by atoms with Gasteiger partial charge in [0.1, 0.15) is 0 Å². The average Bonchev–Trinajstić information content (AvgIpc) is 1.85. The Morgan fingerprint density at radius 3 is 2.70 bits per heavy atom. The molecule has 0 aromatic heterocycles. The third-order valence-electron chi connectivity index (χ3n) is 1.95. The number of likely N-dealkylation sites (tertiary alicyclic amines) is 1. The minimum Gasteiger partial charge on any atom is -0.465 e. The van der Waals surface area contributed by atoms with Gasteiger partial charge in [-0.2, -0.15) is 0 Å². The quantitative estimate of drug-likeness (QED) is 0.580. The summed E-state index contributed by atoms with van der Waals surface area (Å²) in [6.07, 6.45) is -0.767. The van der Waals surface area contributed by atoms with E-state index in [4.69, 9.17) is 9.84 Å². The van der Waals surface area contributed by atoms with Gasteiger partial charge in [0.2, 0.25) is 0 Å². The van der Waals surface area contributed by atoms with E-state index < -0.39 is 6.09 Å². The molecule has 1 aliphatic heterocycles. The zero-order valence-corrected chi connectivity index (χ0v) is 6.07. The van der Waals surface area contributed by atoms with E-state index in [-0.39, 0.29) is 12.1 Å². The smallest absolute Gasteiger partial charge is 0.407 e. The van der Waals surface area contributed by atoms with Crippen LogP contribution in [-0.2, 0) is 4.74 Å². The maximum absolute atomic E-state index is 10.3. The maximum atomic E-state index is 10.3. The predicted octanol–water partition coefficient (Wildman–Crippen LogP) is 0.384. The number of carboxylic acid groups (broad SMARTS) is 1. The molecule has 1 fully saturated rings. The third kappa shape index (κ3) is 0.945. The summed E-state index contributed by atoms with van der Waals surface area (Å²) < 4.78 is 4.97. The molecule has 0 radical (unpaired) electrons. The van der Waals surface area contributed by atoms with Gasteiger partial charge in [-0.15, -0.1) is 0 Å². The molecule has 1 saturated heterocycles. The Labute approximate surface area is 59.4 Å². The van der Waals surface area contributed by atoms with Gasteiger partial charge in [0, 0.05) is 7.11 Å². The summed E-state index contributed by atoms with van der Waals surface area (Å²) in [4.78, 5) is 11.7. The SMILES string of the molecule is CO[C@H]1CN(C(=O)O)[C@@H]1C. The van der Waals surface area contributed by atoms with Crippen LogP contribution in [-0.4, -0.2) is 41.9 Å². The molecule has 0 unspecified atom stereocenters. The Hall–Kier alpha value is -0.770. The average molecular weight is 145 g/mol. The Morgan fingerprint density at radius 2 is 2.40 bits per heavy atom. The molecule has 0 aliphatic carbocycles. The van der Waals surface area contributed by atoms with Crippen LogP contribution in [0, 0.1) is 0 Å². The van der Waals surface area contributed by atoms with E-state index in [1.54, 1.807) is 7.11 Å². The topological polar surface area (TPSA) is 49.8 Å². The highest BCUT2D eigenvalue weighted by Gasteiger charge is 2.38. The molecule has 4 nitrogen and oxygen atoms in total. The summed E-state index contributed by atoms with van der Waals surface area (Å²) in [5, 5.41) is 8.49. The van der Waals surface area contributed by atoms with Crippen LogP contribution in [0.1, 0.15) is 6.92 Å². The molecule has 0 spiro atoms. The second-order valence-electron chi connectivity index (χ2n) is 2.45. The van der Waals surface area contributed by atoms with E-state index in [0.29, 0.717) is 6.54 Å². The molecular formula is C6H11NO3. The van der Waals surface area contributed by atoms with E-state index in [1.165, 1.54) is 4.90 Å². The van der Waals surface area contributed by atoms with Crippen LogP contribution < -0.4 is 0 Å². The summed E-state index contributed by atoms with van der Waals surface area (Å²) in [5.74, 6) is 0. The molecule has 0 aromatic carbocycles. The summed E-state index contributed by atoms with van der Waals surface area (Å²) >= 11 is 0. The largest absolute Gasteiger partial charge is 0.465 e. The molecule has 1 heterocycles. The van der Waals surface area contributed by atoms with Crippen molar-refractivity contribution in [2.45, 2.75) is 19.1 Å². The van der Waals surface area contributed by atoms with Gasteiger partial charge in [-0.1, -0.05) is 0 Å². The van der Waals surface area contributed by atoms with Crippen molar-refractivity contribution in [2.75, 3.05) is 13.7 Å². The standard InChI is InChI=1S/C6H11NO3/c1-4-5(10-2)3-7(4)6(8)9/h4-5H,3H2,1-2H3,(H,8,9)/t4-,5+/m1/s1. The summed E-state index contributed by atoms with van der Waals surface area (Å²) in [5.41, 5.74) is 0. The number of amides is 1. The second kappa shape index (κ2) is 2.46. The van der Waals surface area contributed by atoms with Crippen molar-refractivity contribution >= 4 is 6.09 Å². The molecule has 10 heavy (non-hydrogen) atoms. The number of methoxy groups -OCH3 is 1. The third-order valence-corrected chi connectivity index (χ3v) is 1.95. The van der Waals surface area contributed by atoms with E-state index in [1.807, 2.05) is 6.92 Å². The number of nitrogens with zero attached hydrogens (tertiary/aromatic N) is 1. The summed E-state index contributed by atoms with van der Waals surface area (Å²) in [7, 11) is 1.60. The van der Waals surface area contributed by atoms with Crippen LogP contribution in [0.15, 0.2) is 0 Å². The van der Waals surface area contributed by atoms with Crippen LogP contribution >= 0.6 is 0 Å². The first-order valence-corrected chi connectivity index (χ1v) is 3.19. The van der Waals surface area contributed by atoms with Crippen molar-refractivity contribution in [3.8, 4) is 0 Å². The van der Waals surface area contributed by atoms with Crippen LogP contribution in [0.4, 0.5) is 4.79 Å². The minimum atomic E-state index is -0.860. The minimum absolute atomic E-state index is 0.0162. The van der Waals surface area contributed by atoms with E-state index in [9.17, 15) is 4.79 Å². The fourth-order valence-corrected chi connectivity index (χ4v) is 1.10. The van der Waals surface area contributed by atoms with Crippen LogP contribution in [0.3, 0.4) is 0 Å². The van der Waals surface area contributed by atoms with Crippen molar-refractivity contribution < 1.29 is 14.6 Å². The highest BCUT2D eigenvalue weighted by Crippen LogP contribution is 2.19. The molecule has 1 amide bonds. The van der Waals surface area contributed by atoms with Crippen molar-refractivity contribution in [3.63, 3.8) is 0 Å². The number of rotatable bonds is 1. The van der Waals surface area contributed by atoms with Gasteiger partial charge in [-0.05, 0) is 6.92 Å². The molecule has 0 aromatic rings. The maximum Gasteiger partial charge on any atom is 0.407 e. The highest BCUT2D eigenvalue weighted by atomic mass is 16.5. The van der Waals surface area contributed by atoms with Crippen molar-refractivity contribution in [1.29, 1.82) is 0 Å². The lowest BCUT2D eigenvalue weighted by atomic mass is 10.0. The molecule has 0 saturated carbocycles. The van der Waals surface area contributed by atoms with Crippen LogP contribution in [0.2, 0.25) is 0 Å². The lowest BCUT2D eigenvalue weighted by molar-refractivity contribution is -0.0622. The molecule has 1 rings (SSSR count). The van der Waals surface area contributed by atoms with E-state index in [0.717, 1.165) is 0 Å². The highest BCUT2D eigenvalue weighted by molar-refractivity contribution is 5.66. The fraction of sp³-hybridized carbons (Fsp3) is 0.833. The molecule has 1 aliphatic rings. The number of hydrogen-bond acceptors (Lipinski definition) is 2. The molecule has 58 valence electrons. The van der Waals surface area contributed by atoms with Gasteiger partial charge in [-0.25, -0.2) is 4.79 Å². The van der Waals surface area contributed by atoms with E-state index in [2.05, 4.69) is 0 Å². The lowest BCUT2D eigenvalue weighted by Gasteiger charge is -2.43. The summed E-state index contributed by atoms with van der Waals surface area (Å²) in [6, 6.07) is 0.0162. The van der Waals surface area contributed by atoms with Crippen LogP contribution in [0.5, 0.6) is 0 Å². The molecular weight excluding hydrogens is 134 g/mol. The van der Waals surface area contributed by atoms with Crippen molar-refractivity contribution in [1.82, 2.24) is 4.90 Å². The predicted molar refractivity (Wildman–Crippen MR) is 35.0 cm³/mol. The Balaban J connectivity index is 2.39. The molecule has 2 atom stereocenters. The van der Waals surface area contributed by atoms with Gasteiger partial charge in [0.15, 0.2) is 0 Å². The zero-order chi connectivity index (χ0) is 7.72. The monoisotopic (exact) mass is 145 g/mol. The number of ether oxygens (including phenoxy) is 1. The Morgan fingerprint density at radius 1 is 1.80 bits per heavy atom. The Kier molecular flexibility index (Phi) is 1.80. The van der Waals surface area contributed by atoms with Gasteiger partial charge in [-0.3, -0.25) is 0 Å². The number of hydrogen-bond donors (Lipinski definition) is 1. The molecule has 4 heteroatoms. The van der Waals surface area contributed by atoms with Crippen molar-refractivity contribution in [2.24, 2.45) is 0 Å². The lowest BCUT2D eigenvalue weighted by Crippen LogP contribution is -2.60. The first kappa shape index (κ1) is 7.34. The van der Waals surface area contributed by atoms with Gasteiger partial charge in [0.25, 0.3) is 0 Å². The van der Waals surface area contributed by atoms with Gasteiger partial charge in [0.05, 0.1) is 18.7 Å². The second-order valence-corrected chi connectivity index (χ2v) is 2.45. The molecule has 1 N–H and O–H groups in total. The van der Waals surface area contributed by atoms with Crippen LogP contribution in [0.25, 0.3) is 0 Å². The Bertz CT molecular complexity index is 148.